The van der Waals surface area contributed by atoms with E-state index in [1.807, 2.05) is 36.1 Å². The Bertz CT molecular complexity index is 1340. The van der Waals surface area contributed by atoms with E-state index >= 15 is 0 Å². The molecular weight excluding hydrogens is 569 g/mol. The molecule has 5 rings (SSSR count). The summed E-state index contributed by atoms with van der Waals surface area (Å²) < 4.78 is 23.5. The van der Waals surface area contributed by atoms with Gasteiger partial charge in [-0.2, -0.15) is 0 Å². The SMILES string of the molecule is CC1(C(=O)NC(CCN2CCC3(CC2)CCN(Cc2ccc(S(C)(=O)=O)cc2)C3=O)c2cccc(Cl)c2)CC1.Cl. The van der Waals surface area contributed by atoms with Gasteiger partial charge >= 0.3 is 0 Å². The molecule has 1 spiro atoms. The van der Waals surface area contributed by atoms with E-state index in [0.717, 1.165) is 75.8 Å². The van der Waals surface area contributed by atoms with Crippen molar-refractivity contribution in [3.8, 4) is 0 Å². The molecule has 40 heavy (non-hydrogen) atoms. The molecule has 0 aromatic heterocycles. The van der Waals surface area contributed by atoms with Crippen LogP contribution in [-0.2, 0) is 26.0 Å². The van der Waals surface area contributed by atoms with Gasteiger partial charge in [-0.15, -0.1) is 12.4 Å². The third-order valence-corrected chi connectivity index (χ3v) is 10.3. The van der Waals surface area contributed by atoms with Gasteiger partial charge in [-0.25, -0.2) is 8.42 Å². The third kappa shape index (κ3) is 6.84. The van der Waals surface area contributed by atoms with Gasteiger partial charge in [-0.3, -0.25) is 9.59 Å². The fourth-order valence-electron chi connectivity index (χ4n) is 5.88. The van der Waals surface area contributed by atoms with Crippen LogP contribution in [0.5, 0.6) is 0 Å². The van der Waals surface area contributed by atoms with Crippen LogP contribution >= 0.6 is 24.0 Å². The lowest BCUT2D eigenvalue weighted by molar-refractivity contribution is -0.139. The van der Waals surface area contributed by atoms with Gasteiger partial charge < -0.3 is 15.1 Å². The van der Waals surface area contributed by atoms with E-state index in [1.165, 1.54) is 6.26 Å². The van der Waals surface area contributed by atoms with Crippen LogP contribution in [0.2, 0.25) is 5.02 Å². The molecule has 2 aromatic rings. The van der Waals surface area contributed by atoms with E-state index < -0.39 is 9.84 Å². The molecule has 0 bridgehead atoms. The van der Waals surface area contributed by atoms with Gasteiger partial charge in [0, 0.05) is 36.3 Å². The van der Waals surface area contributed by atoms with Gasteiger partial charge in [0.15, 0.2) is 9.84 Å². The molecule has 7 nitrogen and oxygen atoms in total. The van der Waals surface area contributed by atoms with Crippen LogP contribution in [0.3, 0.4) is 0 Å². The molecule has 1 saturated carbocycles. The number of carbonyl (C=O) groups excluding carboxylic acids is 2. The summed E-state index contributed by atoms with van der Waals surface area (Å²) in [4.78, 5) is 31.0. The topological polar surface area (TPSA) is 86.8 Å². The van der Waals surface area contributed by atoms with E-state index in [9.17, 15) is 18.0 Å². The second-order valence-corrected chi connectivity index (χ2v) is 14.4. The largest absolute Gasteiger partial charge is 0.349 e. The summed E-state index contributed by atoms with van der Waals surface area (Å²) in [5.41, 5.74) is 1.43. The Kier molecular flexibility index (Phi) is 9.25. The number of carbonyl (C=O) groups is 2. The number of nitrogens with zero attached hydrogens (tertiary/aromatic N) is 2. The smallest absolute Gasteiger partial charge is 0.229 e. The number of sulfone groups is 1. The number of nitrogens with one attached hydrogen (secondary N) is 1. The van der Waals surface area contributed by atoms with Gasteiger partial charge in [0.25, 0.3) is 0 Å². The molecule has 3 fully saturated rings. The van der Waals surface area contributed by atoms with Gasteiger partial charge in [0.2, 0.25) is 11.8 Å². The van der Waals surface area contributed by atoms with E-state index in [2.05, 4.69) is 10.2 Å². The second-order valence-electron chi connectivity index (χ2n) is 11.9. The summed E-state index contributed by atoms with van der Waals surface area (Å²) in [6, 6.07) is 14.5. The molecule has 2 saturated heterocycles. The molecule has 1 N–H and O–H groups in total. The lowest BCUT2D eigenvalue weighted by Crippen LogP contribution is -2.45. The zero-order valence-corrected chi connectivity index (χ0v) is 25.6. The van der Waals surface area contributed by atoms with E-state index in [4.69, 9.17) is 11.6 Å². The molecule has 1 unspecified atom stereocenters. The Morgan fingerprint density at radius 1 is 1.02 bits per heavy atom. The minimum absolute atomic E-state index is 0. The molecule has 0 radical (unpaired) electrons. The first-order valence-electron chi connectivity index (χ1n) is 13.8. The fraction of sp³-hybridized carbons (Fsp3) is 0.533. The molecule has 10 heteroatoms. The van der Waals surface area contributed by atoms with Gasteiger partial charge in [0.05, 0.1) is 16.4 Å². The predicted octanol–water partition coefficient (Wildman–Crippen LogP) is 5.03. The third-order valence-electron chi connectivity index (χ3n) is 8.98. The maximum absolute atomic E-state index is 13.5. The highest BCUT2D eigenvalue weighted by molar-refractivity contribution is 7.90. The van der Waals surface area contributed by atoms with Gasteiger partial charge in [-0.1, -0.05) is 42.8 Å². The zero-order valence-electron chi connectivity index (χ0n) is 23.2. The highest BCUT2D eigenvalue weighted by atomic mass is 35.5. The Morgan fingerprint density at radius 3 is 2.27 bits per heavy atom. The second kappa shape index (κ2) is 12.0. The molecule has 2 amide bonds. The number of rotatable bonds is 9. The number of piperidine rings is 1. The average Bonchev–Trinajstić information content (AvgIpc) is 3.60. The summed E-state index contributed by atoms with van der Waals surface area (Å²) in [7, 11) is -3.23. The van der Waals surface area contributed by atoms with Gasteiger partial charge in [-0.05, 0) is 87.0 Å². The zero-order chi connectivity index (χ0) is 27.8. The van der Waals surface area contributed by atoms with Crippen molar-refractivity contribution in [1.82, 2.24) is 15.1 Å². The molecule has 1 atom stereocenters. The van der Waals surface area contributed by atoms with Crippen molar-refractivity contribution >= 4 is 45.7 Å². The van der Waals surface area contributed by atoms with Crippen molar-refractivity contribution in [2.75, 3.05) is 32.4 Å². The molecule has 2 aromatic carbocycles. The normalized spacial score (nSPS) is 20.7. The molecule has 218 valence electrons. The summed E-state index contributed by atoms with van der Waals surface area (Å²) in [5.74, 6) is 0.337. The molecule has 3 aliphatic rings. The van der Waals surface area contributed by atoms with Gasteiger partial charge in [0.1, 0.15) is 0 Å². The van der Waals surface area contributed by atoms with Crippen LogP contribution in [0.1, 0.15) is 62.6 Å². The highest BCUT2D eigenvalue weighted by Gasteiger charge is 2.48. The maximum Gasteiger partial charge on any atom is 0.229 e. The number of likely N-dealkylation sites (tertiary alicyclic amines) is 2. The standard InChI is InChI=1S/C30H38ClN3O4S.ClH/c1-29(11-12-29)27(35)32-26(23-4-3-5-24(31)20-23)10-16-33-17-13-30(14-18-33)15-19-34(28(30)36)21-22-6-8-25(9-7-22)39(2,37)38;/h3-9,20,26H,10-19,21H2,1-2H3,(H,32,35);1H. The van der Waals surface area contributed by atoms with E-state index in [1.54, 1.807) is 24.3 Å². The Labute approximate surface area is 249 Å². The first kappa shape index (κ1) is 30.8. The maximum atomic E-state index is 13.5. The van der Waals surface area contributed by atoms with E-state index in [0.29, 0.717) is 16.5 Å². The van der Waals surface area contributed by atoms with Crippen LogP contribution in [0, 0.1) is 10.8 Å². The van der Waals surface area contributed by atoms with Crippen molar-refractivity contribution in [1.29, 1.82) is 0 Å². The van der Waals surface area contributed by atoms with Crippen LogP contribution in [0.4, 0.5) is 0 Å². The lowest BCUT2D eigenvalue weighted by atomic mass is 9.77. The first-order chi connectivity index (χ1) is 18.5. The minimum atomic E-state index is -3.23. The van der Waals surface area contributed by atoms with Crippen molar-refractivity contribution < 1.29 is 18.0 Å². The number of benzene rings is 2. The number of amides is 2. The van der Waals surface area contributed by atoms with Crippen LogP contribution in [-0.4, -0.2) is 62.5 Å². The lowest BCUT2D eigenvalue weighted by Gasteiger charge is -2.38. The van der Waals surface area contributed by atoms with Crippen molar-refractivity contribution in [3.05, 3.63) is 64.7 Å². The summed E-state index contributed by atoms with van der Waals surface area (Å²) in [5, 5.41) is 3.95. The first-order valence-corrected chi connectivity index (χ1v) is 16.1. The Hall–Kier alpha value is -2.13. The van der Waals surface area contributed by atoms with Crippen molar-refractivity contribution in [3.63, 3.8) is 0 Å². The summed E-state index contributed by atoms with van der Waals surface area (Å²) >= 11 is 6.26. The van der Waals surface area contributed by atoms with Crippen molar-refractivity contribution in [2.45, 2.75) is 62.9 Å². The monoisotopic (exact) mass is 607 g/mol. The summed E-state index contributed by atoms with van der Waals surface area (Å²) in [6.07, 6.45) is 6.39. The van der Waals surface area contributed by atoms with Crippen LogP contribution in [0.25, 0.3) is 0 Å². The Balaban J connectivity index is 0.00000370. The highest BCUT2D eigenvalue weighted by Crippen LogP contribution is 2.46. The molecular formula is C30H39Cl2N3O4S. The molecule has 2 aliphatic heterocycles. The average molecular weight is 609 g/mol. The van der Waals surface area contributed by atoms with Crippen LogP contribution < -0.4 is 5.32 Å². The summed E-state index contributed by atoms with van der Waals surface area (Å²) in [6.45, 7) is 5.82. The Morgan fingerprint density at radius 2 is 1.68 bits per heavy atom. The minimum Gasteiger partial charge on any atom is -0.349 e. The fourth-order valence-corrected chi connectivity index (χ4v) is 6.71. The number of hydrogen-bond donors (Lipinski definition) is 1. The number of halogens is 2. The molecule has 2 heterocycles. The predicted molar refractivity (Wildman–Crippen MR) is 159 cm³/mol. The van der Waals surface area contributed by atoms with Crippen molar-refractivity contribution in [2.24, 2.45) is 10.8 Å². The quantitative estimate of drug-likeness (QED) is 0.432. The van der Waals surface area contributed by atoms with Crippen LogP contribution in [0.15, 0.2) is 53.4 Å². The number of hydrogen-bond acceptors (Lipinski definition) is 5. The van der Waals surface area contributed by atoms with E-state index in [-0.39, 0.29) is 41.1 Å². The molecule has 1 aliphatic carbocycles.